The number of thioether (sulfide) groups is 1. The molecule has 0 aliphatic carbocycles. The fraction of sp³-hybridized carbons (Fsp3) is 0.238. The number of carbonyl (C=O) groups is 2. The van der Waals surface area contributed by atoms with Crippen LogP contribution in [-0.2, 0) is 11.2 Å². The van der Waals surface area contributed by atoms with Gasteiger partial charge in [-0.25, -0.2) is 0 Å². The standard InChI is InChI=1S/C21H21NO3S/c1-15(2)25-18-10-8-17(9-11-18)14-19-20(23)22(21(24)26-19)13-12-16-6-4-3-5-7-16/h3-11,14-15H,12-13H2,1-2H3/b19-14-. The summed E-state index contributed by atoms with van der Waals surface area (Å²) in [6.07, 6.45) is 2.53. The zero-order valence-electron chi connectivity index (χ0n) is 14.8. The second-order valence-electron chi connectivity index (χ2n) is 6.30. The van der Waals surface area contributed by atoms with E-state index in [4.69, 9.17) is 4.74 Å². The van der Waals surface area contributed by atoms with Crippen LogP contribution in [-0.4, -0.2) is 28.7 Å². The molecule has 1 heterocycles. The summed E-state index contributed by atoms with van der Waals surface area (Å²) < 4.78 is 5.61. The number of imide groups is 1. The summed E-state index contributed by atoms with van der Waals surface area (Å²) in [7, 11) is 0. The second-order valence-corrected chi connectivity index (χ2v) is 7.30. The van der Waals surface area contributed by atoms with E-state index < -0.39 is 0 Å². The molecule has 3 rings (SSSR count). The van der Waals surface area contributed by atoms with E-state index in [9.17, 15) is 9.59 Å². The minimum Gasteiger partial charge on any atom is -0.491 e. The topological polar surface area (TPSA) is 46.6 Å². The van der Waals surface area contributed by atoms with Crippen LogP contribution >= 0.6 is 11.8 Å². The van der Waals surface area contributed by atoms with Crippen molar-refractivity contribution in [3.05, 3.63) is 70.6 Å². The number of carbonyl (C=O) groups excluding carboxylic acids is 2. The third kappa shape index (κ3) is 4.55. The number of nitrogens with zero attached hydrogens (tertiary/aromatic N) is 1. The van der Waals surface area contributed by atoms with Gasteiger partial charge in [-0.15, -0.1) is 0 Å². The predicted octanol–water partition coefficient (Wildman–Crippen LogP) is 4.75. The van der Waals surface area contributed by atoms with Crippen molar-refractivity contribution in [3.8, 4) is 5.75 Å². The van der Waals surface area contributed by atoms with Gasteiger partial charge in [0.15, 0.2) is 0 Å². The molecular formula is C21H21NO3S. The Labute approximate surface area is 157 Å². The molecule has 1 aliphatic heterocycles. The summed E-state index contributed by atoms with van der Waals surface area (Å²) in [4.78, 5) is 26.5. The van der Waals surface area contributed by atoms with Crippen LogP contribution in [0, 0.1) is 0 Å². The van der Waals surface area contributed by atoms with E-state index in [-0.39, 0.29) is 17.3 Å². The van der Waals surface area contributed by atoms with Crippen molar-refractivity contribution >= 4 is 29.0 Å². The molecule has 1 fully saturated rings. The van der Waals surface area contributed by atoms with Gasteiger partial charge in [-0.3, -0.25) is 14.5 Å². The van der Waals surface area contributed by atoms with E-state index >= 15 is 0 Å². The average Bonchev–Trinajstić information content (AvgIpc) is 2.89. The molecule has 5 heteroatoms. The smallest absolute Gasteiger partial charge is 0.293 e. The van der Waals surface area contributed by atoms with Gasteiger partial charge >= 0.3 is 0 Å². The van der Waals surface area contributed by atoms with Crippen LogP contribution in [0.3, 0.4) is 0 Å². The molecule has 134 valence electrons. The summed E-state index contributed by atoms with van der Waals surface area (Å²) in [5, 5.41) is -0.211. The molecule has 0 atom stereocenters. The van der Waals surface area contributed by atoms with Crippen LogP contribution in [0.2, 0.25) is 0 Å². The molecular weight excluding hydrogens is 346 g/mol. The van der Waals surface area contributed by atoms with Gasteiger partial charge in [0.2, 0.25) is 0 Å². The maximum Gasteiger partial charge on any atom is 0.293 e. The van der Waals surface area contributed by atoms with E-state index in [1.54, 1.807) is 6.08 Å². The number of hydrogen-bond donors (Lipinski definition) is 0. The summed E-state index contributed by atoms with van der Waals surface area (Å²) in [6, 6.07) is 17.4. The quantitative estimate of drug-likeness (QED) is 0.691. The Morgan fingerprint density at radius 1 is 1.04 bits per heavy atom. The first kappa shape index (κ1) is 18.3. The van der Waals surface area contributed by atoms with Crippen molar-refractivity contribution in [1.82, 2.24) is 4.90 Å². The Morgan fingerprint density at radius 2 is 1.73 bits per heavy atom. The monoisotopic (exact) mass is 367 g/mol. The number of amides is 2. The largest absolute Gasteiger partial charge is 0.491 e. The second kappa shape index (κ2) is 8.23. The van der Waals surface area contributed by atoms with E-state index in [1.165, 1.54) is 4.90 Å². The lowest BCUT2D eigenvalue weighted by atomic mass is 10.1. The first-order valence-electron chi connectivity index (χ1n) is 8.59. The van der Waals surface area contributed by atoms with Crippen LogP contribution in [0.1, 0.15) is 25.0 Å². The van der Waals surface area contributed by atoms with Gasteiger partial charge in [0, 0.05) is 6.54 Å². The van der Waals surface area contributed by atoms with Crippen LogP contribution in [0.5, 0.6) is 5.75 Å². The molecule has 1 saturated heterocycles. The molecule has 0 aromatic heterocycles. The minimum absolute atomic E-state index is 0.113. The van der Waals surface area contributed by atoms with E-state index in [0.717, 1.165) is 28.6 Å². The van der Waals surface area contributed by atoms with Crippen LogP contribution in [0.15, 0.2) is 59.5 Å². The molecule has 2 amide bonds. The molecule has 26 heavy (non-hydrogen) atoms. The lowest BCUT2D eigenvalue weighted by Crippen LogP contribution is -2.30. The van der Waals surface area contributed by atoms with Gasteiger partial charge in [-0.1, -0.05) is 42.5 Å². The maximum atomic E-state index is 12.5. The molecule has 2 aromatic carbocycles. The highest BCUT2D eigenvalue weighted by Crippen LogP contribution is 2.32. The van der Waals surface area contributed by atoms with E-state index in [1.807, 2.05) is 68.4 Å². The van der Waals surface area contributed by atoms with E-state index in [0.29, 0.717) is 17.9 Å². The fourth-order valence-corrected chi connectivity index (χ4v) is 3.51. The van der Waals surface area contributed by atoms with Gasteiger partial charge in [0.05, 0.1) is 11.0 Å². The van der Waals surface area contributed by atoms with Crippen molar-refractivity contribution < 1.29 is 14.3 Å². The first-order valence-corrected chi connectivity index (χ1v) is 9.40. The first-order chi connectivity index (χ1) is 12.5. The highest BCUT2D eigenvalue weighted by atomic mass is 32.2. The summed E-state index contributed by atoms with van der Waals surface area (Å²) >= 11 is 0.994. The highest BCUT2D eigenvalue weighted by Gasteiger charge is 2.34. The minimum atomic E-state index is -0.224. The Kier molecular flexibility index (Phi) is 5.78. The van der Waals surface area contributed by atoms with Crippen molar-refractivity contribution in [2.24, 2.45) is 0 Å². The summed E-state index contributed by atoms with van der Waals surface area (Å²) in [5.41, 5.74) is 1.98. The molecule has 0 unspecified atom stereocenters. The molecule has 0 N–H and O–H groups in total. The van der Waals surface area contributed by atoms with Gasteiger partial charge in [0.25, 0.3) is 11.1 Å². The van der Waals surface area contributed by atoms with E-state index in [2.05, 4.69) is 0 Å². The van der Waals surface area contributed by atoms with Crippen molar-refractivity contribution in [2.45, 2.75) is 26.4 Å². The van der Waals surface area contributed by atoms with Crippen molar-refractivity contribution in [1.29, 1.82) is 0 Å². The van der Waals surface area contributed by atoms with Crippen LogP contribution in [0.4, 0.5) is 4.79 Å². The van der Waals surface area contributed by atoms with Gasteiger partial charge < -0.3 is 4.74 Å². The molecule has 2 aromatic rings. The summed E-state index contributed by atoms with van der Waals surface area (Å²) in [6.45, 7) is 4.34. The number of benzene rings is 2. The molecule has 1 aliphatic rings. The Hall–Kier alpha value is -2.53. The Bertz CT molecular complexity index is 813. The normalized spacial score (nSPS) is 16.0. The lowest BCUT2D eigenvalue weighted by molar-refractivity contribution is -0.122. The van der Waals surface area contributed by atoms with Crippen molar-refractivity contribution in [2.75, 3.05) is 6.54 Å². The number of rotatable bonds is 6. The predicted molar refractivity (Wildman–Crippen MR) is 105 cm³/mol. The third-order valence-corrected chi connectivity index (χ3v) is 4.80. The van der Waals surface area contributed by atoms with Gasteiger partial charge in [0.1, 0.15) is 5.75 Å². The zero-order valence-corrected chi connectivity index (χ0v) is 15.7. The van der Waals surface area contributed by atoms with Crippen molar-refractivity contribution in [3.63, 3.8) is 0 Å². The third-order valence-electron chi connectivity index (χ3n) is 3.89. The van der Waals surface area contributed by atoms with Crippen LogP contribution < -0.4 is 4.74 Å². The molecule has 0 saturated carbocycles. The summed E-state index contributed by atoms with van der Waals surface area (Å²) in [5.74, 6) is 0.562. The molecule has 0 bridgehead atoms. The Balaban J connectivity index is 1.66. The number of ether oxygens (including phenoxy) is 1. The Morgan fingerprint density at radius 3 is 2.38 bits per heavy atom. The van der Waals surface area contributed by atoms with Gasteiger partial charge in [-0.2, -0.15) is 0 Å². The average molecular weight is 367 g/mol. The lowest BCUT2D eigenvalue weighted by Gasteiger charge is -2.12. The molecule has 4 nitrogen and oxygen atoms in total. The maximum absolute atomic E-state index is 12.5. The molecule has 0 spiro atoms. The van der Waals surface area contributed by atoms with Crippen LogP contribution in [0.25, 0.3) is 6.08 Å². The number of hydrogen-bond acceptors (Lipinski definition) is 4. The SMILES string of the molecule is CC(C)Oc1ccc(/C=C2\SC(=O)N(CCc3ccccc3)C2=O)cc1. The molecule has 0 radical (unpaired) electrons. The highest BCUT2D eigenvalue weighted by molar-refractivity contribution is 8.18. The zero-order chi connectivity index (χ0) is 18.5. The fourth-order valence-electron chi connectivity index (χ4n) is 2.64. The van der Waals surface area contributed by atoms with Gasteiger partial charge in [-0.05, 0) is 61.4 Å².